The van der Waals surface area contributed by atoms with E-state index >= 15 is 0 Å². The fraction of sp³-hybridized carbons (Fsp3) is 0.842. The Balaban J connectivity index is 1.82. The minimum absolute atomic E-state index is 0.134. The molecule has 0 bridgehead atoms. The van der Waals surface area contributed by atoms with Gasteiger partial charge in [0.15, 0.2) is 0 Å². The highest BCUT2D eigenvalue weighted by molar-refractivity contribution is 5.13. The molecular weight excluding hydrogens is 242 g/mol. The molecule has 0 aromatic rings. The summed E-state index contributed by atoms with van der Waals surface area (Å²) >= 11 is 0. The first kappa shape index (κ1) is 15.6. The fourth-order valence-electron chi connectivity index (χ4n) is 4.62. The highest BCUT2D eigenvalue weighted by Crippen LogP contribution is 2.46. The number of nitriles is 1. The maximum atomic E-state index is 9.46. The SMILES string of the molecule is CC=C[C@]1(C#N)CC[C@@H](C2CCC(CCC)CC2)CC1. The first-order valence-electron chi connectivity index (χ1n) is 8.78. The van der Waals surface area contributed by atoms with Crippen molar-refractivity contribution in [2.24, 2.45) is 23.2 Å². The summed E-state index contributed by atoms with van der Waals surface area (Å²) in [6, 6.07) is 2.58. The summed E-state index contributed by atoms with van der Waals surface area (Å²) in [5.74, 6) is 2.88. The van der Waals surface area contributed by atoms with Crippen LogP contribution in [0.1, 0.15) is 78.1 Å². The molecule has 112 valence electrons. The molecule has 2 saturated carbocycles. The quantitative estimate of drug-likeness (QED) is 0.588. The van der Waals surface area contributed by atoms with E-state index in [1.54, 1.807) is 0 Å². The summed E-state index contributed by atoms with van der Waals surface area (Å²) in [5.41, 5.74) is -0.134. The van der Waals surface area contributed by atoms with Crippen molar-refractivity contribution >= 4 is 0 Å². The summed E-state index contributed by atoms with van der Waals surface area (Å²) in [5, 5.41) is 9.46. The normalized spacial score (nSPS) is 38.8. The van der Waals surface area contributed by atoms with E-state index in [9.17, 15) is 5.26 Å². The van der Waals surface area contributed by atoms with E-state index in [0.29, 0.717) is 0 Å². The van der Waals surface area contributed by atoms with Gasteiger partial charge in [-0.05, 0) is 63.2 Å². The van der Waals surface area contributed by atoms with Gasteiger partial charge in [0.2, 0.25) is 0 Å². The second kappa shape index (κ2) is 7.30. The summed E-state index contributed by atoms with van der Waals surface area (Å²) in [6.07, 6.45) is 17.6. The maximum Gasteiger partial charge on any atom is 0.0753 e. The van der Waals surface area contributed by atoms with Gasteiger partial charge in [0.1, 0.15) is 0 Å². The largest absolute Gasteiger partial charge is 0.197 e. The van der Waals surface area contributed by atoms with E-state index in [0.717, 1.165) is 30.6 Å². The molecule has 2 aliphatic rings. The van der Waals surface area contributed by atoms with Crippen molar-refractivity contribution in [2.45, 2.75) is 78.1 Å². The standard InChI is InChI=1S/C19H31N/c1-3-5-16-6-8-17(9-7-16)18-10-13-19(15-20,12-4-2)14-11-18/h4,12,16-18H,3,5-11,13-14H2,1-2H3/t16?,17?,18-,19+. The number of rotatable bonds is 4. The van der Waals surface area contributed by atoms with Crippen LogP contribution in [0.2, 0.25) is 0 Å². The Labute approximate surface area is 125 Å². The Morgan fingerprint density at radius 1 is 1.05 bits per heavy atom. The van der Waals surface area contributed by atoms with Gasteiger partial charge in [-0.25, -0.2) is 0 Å². The van der Waals surface area contributed by atoms with Gasteiger partial charge in [-0.15, -0.1) is 0 Å². The lowest BCUT2D eigenvalue weighted by Crippen LogP contribution is -2.30. The van der Waals surface area contributed by atoms with Gasteiger partial charge < -0.3 is 0 Å². The Morgan fingerprint density at radius 3 is 2.15 bits per heavy atom. The number of hydrogen-bond donors (Lipinski definition) is 0. The maximum absolute atomic E-state index is 9.46. The highest BCUT2D eigenvalue weighted by atomic mass is 14.4. The van der Waals surface area contributed by atoms with Crippen molar-refractivity contribution in [3.05, 3.63) is 12.2 Å². The lowest BCUT2D eigenvalue weighted by atomic mass is 9.64. The summed E-state index contributed by atoms with van der Waals surface area (Å²) < 4.78 is 0. The van der Waals surface area contributed by atoms with Crippen LogP contribution in [0.5, 0.6) is 0 Å². The molecule has 0 aromatic carbocycles. The Hall–Kier alpha value is -0.770. The van der Waals surface area contributed by atoms with E-state index < -0.39 is 0 Å². The second-order valence-electron chi connectivity index (χ2n) is 7.17. The second-order valence-corrected chi connectivity index (χ2v) is 7.17. The van der Waals surface area contributed by atoms with Crippen LogP contribution in [0.4, 0.5) is 0 Å². The van der Waals surface area contributed by atoms with Gasteiger partial charge in [-0.1, -0.05) is 44.8 Å². The van der Waals surface area contributed by atoms with E-state index in [-0.39, 0.29) is 5.41 Å². The van der Waals surface area contributed by atoms with Crippen LogP contribution in [0.3, 0.4) is 0 Å². The molecule has 0 aromatic heterocycles. The minimum atomic E-state index is -0.134. The lowest BCUT2D eigenvalue weighted by molar-refractivity contribution is 0.137. The Bertz CT molecular complexity index is 346. The zero-order valence-electron chi connectivity index (χ0n) is 13.4. The average molecular weight is 273 g/mol. The zero-order chi connectivity index (χ0) is 14.4. The summed E-state index contributed by atoms with van der Waals surface area (Å²) in [7, 11) is 0. The predicted molar refractivity (Wildman–Crippen MR) is 85.2 cm³/mol. The van der Waals surface area contributed by atoms with Crippen molar-refractivity contribution in [1.29, 1.82) is 5.26 Å². The molecule has 2 aliphatic carbocycles. The van der Waals surface area contributed by atoms with Crippen LogP contribution < -0.4 is 0 Å². The average Bonchev–Trinajstić information content (AvgIpc) is 2.50. The topological polar surface area (TPSA) is 23.8 Å². The van der Waals surface area contributed by atoms with Crippen LogP contribution in [0.25, 0.3) is 0 Å². The Kier molecular flexibility index (Phi) is 5.70. The highest BCUT2D eigenvalue weighted by Gasteiger charge is 2.36. The third-order valence-electron chi connectivity index (χ3n) is 5.89. The molecule has 2 fully saturated rings. The molecule has 0 atom stereocenters. The molecule has 0 radical (unpaired) electrons. The molecule has 1 heteroatoms. The van der Waals surface area contributed by atoms with E-state index in [2.05, 4.69) is 25.1 Å². The van der Waals surface area contributed by atoms with E-state index in [4.69, 9.17) is 0 Å². The molecule has 0 heterocycles. The number of nitrogens with zero attached hydrogens (tertiary/aromatic N) is 1. The smallest absolute Gasteiger partial charge is 0.0753 e. The van der Waals surface area contributed by atoms with Crippen LogP contribution in [-0.2, 0) is 0 Å². The molecule has 2 rings (SSSR count). The first-order valence-corrected chi connectivity index (χ1v) is 8.78. The van der Waals surface area contributed by atoms with Crippen LogP contribution in [0.15, 0.2) is 12.2 Å². The van der Waals surface area contributed by atoms with Gasteiger partial charge >= 0.3 is 0 Å². The zero-order valence-corrected chi connectivity index (χ0v) is 13.4. The molecule has 0 aliphatic heterocycles. The van der Waals surface area contributed by atoms with Crippen LogP contribution >= 0.6 is 0 Å². The van der Waals surface area contributed by atoms with Gasteiger partial charge in [0.05, 0.1) is 11.5 Å². The van der Waals surface area contributed by atoms with Crippen molar-refractivity contribution in [1.82, 2.24) is 0 Å². The Morgan fingerprint density at radius 2 is 1.65 bits per heavy atom. The van der Waals surface area contributed by atoms with Crippen molar-refractivity contribution < 1.29 is 0 Å². The van der Waals surface area contributed by atoms with Gasteiger partial charge in [0.25, 0.3) is 0 Å². The molecule has 0 saturated heterocycles. The van der Waals surface area contributed by atoms with E-state index in [1.807, 2.05) is 6.92 Å². The molecule has 1 nitrogen and oxygen atoms in total. The molecule has 20 heavy (non-hydrogen) atoms. The van der Waals surface area contributed by atoms with Crippen LogP contribution in [0, 0.1) is 34.5 Å². The van der Waals surface area contributed by atoms with E-state index in [1.165, 1.54) is 51.4 Å². The summed E-state index contributed by atoms with van der Waals surface area (Å²) in [6.45, 7) is 4.36. The number of hydrogen-bond acceptors (Lipinski definition) is 1. The third-order valence-corrected chi connectivity index (χ3v) is 5.89. The van der Waals surface area contributed by atoms with Crippen molar-refractivity contribution in [3.8, 4) is 6.07 Å². The molecule has 0 unspecified atom stereocenters. The fourth-order valence-corrected chi connectivity index (χ4v) is 4.62. The summed E-state index contributed by atoms with van der Waals surface area (Å²) in [4.78, 5) is 0. The first-order chi connectivity index (χ1) is 9.73. The molecule has 0 N–H and O–H groups in total. The van der Waals surface area contributed by atoms with Gasteiger partial charge in [-0.3, -0.25) is 0 Å². The lowest BCUT2D eigenvalue weighted by Gasteiger charge is -2.39. The third kappa shape index (κ3) is 3.66. The van der Waals surface area contributed by atoms with Gasteiger partial charge in [0, 0.05) is 0 Å². The monoisotopic (exact) mass is 273 g/mol. The van der Waals surface area contributed by atoms with Crippen molar-refractivity contribution in [3.63, 3.8) is 0 Å². The van der Waals surface area contributed by atoms with Gasteiger partial charge in [-0.2, -0.15) is 5.26 Å². The van der Waals surface area contributed by atoms with Crippen molar-refractivity contribution in [2.75, 3.05) is 0 Å². The molecule has 0 spiro atoms. The molecule has 0 amide bonds. The minimum Gasteiger partial charge on any atom is -0.197 e. The molecular formula is C19H31N. The number of allylic oxidation sites excluding steroid dienone is 2. The predicted octanol–water partition coefficient (Wildman–Crippen LogP) is 5.87. The van der Waals surface area contributed by atoms with Crippen LogP contribution in [-0.4, -0.2) is 0 Å².